The summed E-state index contributed by atoms with van der Waals surface area (Å²) < 4.78 is 5.40. The van der Waals surface area contributed by atoms with Gasteiger partial charge in [-0.3, -0.25) is 0 Å². The molecule has 3 heteroatoms. The second-order valence-electron chi connectivity index (χ2n) is 2.77. The highest BCUT2D eigenvalue weighted by Crippen LogP contribution is 2.06. The molecule has 0 unspecified atom stereocenters. The number of rotatable bonds is 3. The third-order valence-corrected chi connectivity index (χ3v) is 1.74. The van der Waals surface area contributed by atoms with Gasteiger partial charge in [0.15, 0.2) is 0 Å². The maximum Gasteiger partial charge on any atom is 0.233 e. The average Bonchev–Trinajstić information content (AvgIpc) is 2.29. The molecule has 1 radical (unpaired) electrons. The van der Waals surface area contributed by atoms with E-state index in [1.165, 1.54) is 0 Å². The summed E-state index contributed by atoms with van der Waals surface area (Å²) in [6.45, 7) is 0.513. The van der Waals surface area contributed by atoms with Crippen LogP contribution in [0.15, 0.2) is 42.5 Å². The third-order valence-electron chi connectivity index (χ3n) is 1.74. The Bertz CT molecular complexity index is 336. The van der Waals surface area contributed by atoms with Gasteiger partial charge in [-0.15, -0.1) is 10.2 Å². The van der Waals surface area contributed by atoms with Gasteiger partial charge in [0.1, 0.15) is 12.8 Å². The van der Waals surface area contributed by atoms with Crippen LogP contribution >= 0.6 is 0 Å². The largest absolute Gasteiger partial charge is 0.472 e. The molecule has 0 aliphatic rings. The number of hydrogen-bond donors (Lipinski definition) is 0. The van der Waals surface area contributed by atoms with E-state index in [4.69, 9.17) is 4.74 Å². The molecule has 14 heavy (non-hydrogen) atoms. The zero-order chi connectivity index (χ0) is 9.64. The number of ether oxygens (including phenoxy) is 1. The van der Waals surface area contributed by atoms with E-state index in [-0.39, 0.29) is 0 Å². The van der Waals surface area contributed by atoms with Gasteiger partial charge in [0, 0.05) is 6.07 Å². The van der Waals surface area contributed by atoms with Crippen molar-refractivity contribution in [1.29, 1.82) is 0 Å². The van der Waals surface area contributed by atoms with Gasteiger partial charge in [-0.1, -0.05) is 30.3 Å². The fourth-order valence-corrected chi connectivity index (χ4v) is 1.06. The maximum atomic E-state index is 5.40. The van der Waals surface area contributed by atoms with Crippen LogP contribution in [0.3, 0.4) is 0 Å². The normalized spacial score (nSPS) is 9.71. The van der Waals surface area contributed by atoms with Crippen LogP contribution in [0.4, 0.5) is 0 Å². The summed E-state index contributed by atoms with van der Waals surface area (Å²) in [5.41, 5.74) is 1.11. The number of aromatic nitrogens is 2. The predicted molar refractivity (Wildman–Crippen MR) is 51.6 cm³/mol. The lowest BCUT2D eigenvalue weighted by Crippen LogP contribution is -1.97. The van der Waals surface area contributed by atoms with Crippen molar-refractivity contribution in [3.63, 3.8) is 0 Å². The summed E-state index contributed by atoms with van der Waals surface area (Å²) in [7, 11) is 0. The van der Waals surface area contributed by atoms with Crippen LogP contribution in [0.5, 0.6) is 5.88 Å². The lowest BCUT2D eigenvalue weighted by Gasteiger charge is -2.03. The Morgan fingerprint density at radius 1 is 1.14 bits per heavy atom. The van der Waals surface area contributed by atoms with E-state index in [0.717, 1.165) is 5.56 Å². The molecule has 1 aromatic carbocycles. The Balaban J connectivity index is 1.96. The third kappa shape index (κ3) is 2.29. The Kier molecular flexibility index (Phi) is 2.71. The summed E-state index contributed by atoms with van der Waals surface area (Å²) in [4.78, 5) is 0. The highest BCUT2D eigenvalue weighted by atomic mass is 16.5. The van der Waals surface area contributed by atoms with Gasteiger partial charge in [-0.25, -0.2) is 0 Å². The van der Waals surface area contributed by atoms with Gasteiger partial charge < -0.3 is 4.74 Å². The van der Waals surface area contributed by atoms with Gasteiger partial charge in [-0.2, -0.15) is 0 Å². The van der Waals surface area contributed by atoms with Gasteiger partial charge in [0.05, 0.1) is 0 Å². The first kappa shape index (κ1) is 8.69. The van der Waals surface area contributed by atoms with Gasteiger partial charge in [0.25, 0.3) is 0 Å². The second-order valence-corrected chi connectivity index (χ2v) is 2.77. The molecule has 0 amide bonds. The standard InChI is InChI=1S/C11H9N2O/c1-2-5-10(6-3-1)9-14-11-7-4-8-12-13-11/h1-7H,9H2. The molecule has 3 nitrogen and oxygen atoms in total. The van der Waals surface area contributed by atoms with E-state index in [9.17, 15) is 0 Å². The van der Waals surface area contributed by atoms with Crippen molar-refractivity contribution in [2.75, 3.05) is 0 Å². The molecule has 0 aliphatic carbocycles. The molecule has 1 heterocycles. The molecule has 0 fully saturated rings. The summed E-state index contributed by atoms with van der Waals surface area (Å²) >= 11 is 0. The molecule has 1 aromatic heterocycles. The smallest absolute Gasteiger partial charge is 0.233 e. The van der Waals surface area contributed by atoms with Crippen LogP contribution in [-0.2, 0) is 6.61 Å². The van der Waals surface area contributed by atoms with E-state index in [2.05, 4.69) is 16.4 Å². The zero-order valence-corrected chi connectivity index (χ0v) is 7.55. The summed E-state index contributed by atoms with van der Waals surface area (Å²) in [6, 6.07) is 13.3. The monoisotopic (exact) mass is 185 g/mol. The van der Waals surface area contributed by atoms with E-state index in [0.29, 0.717) is 12.5 Å². The van der Waals surface area contributed by atoms with Crippen molar-refractivity contribution in [1.82, 2.24) is 10.2 Å². The van der Waals surface area contributed by atoms with Crippen molar-refractivity contribution >= 4 is 0 Å². The molecule has 0 bridgehead atoms. The predicted octanol–water partition coefficient (Wildman–Crippen LogP) is 1.86. The number of hydrogen-bond acceptors (Lipinski definition) is 3. The van der Waals surface area contributed by atoms with Gasteiger partial charge >= 0.3 is 0 Å². The quantitative estimate of drug-likeness (QED) is 0.732. The molecule has 0 saturated carbocycles. The Hall–Kier alpha value is -1.90. The number of nitrogens with zero attached hydrogens (tertiary/aromatic N) is 2. The molecule has 69 valence electrons. The van der Waals surface area contributed by atoms with E-state index >= 15 is 0 Å². The fourth-order valence-electron chi connectivity index (χ4n) is 1.06. The first-order valence-corrected chi connectivity index (χ1v) is 4.31. The highest BCUT2D eigenvalue weighted by Gasteiger charge is 1.94. The summed E-state index contributed by atoms with van der Waals surface area (Å²) in [5.74, 6) is 0.521. The SMILES string of the molecule is [c]1ccc(OCc2ccccc2)nn1. The van der Waals surface area contributed by atoms with Crippen molar-refractivity contribution in [3.05, 3.63) is 54.2 Å². The van der Waals surface area contributed by atoms with E-state index < -0.39 is 0 Å². The molecule has 0 N–H and O–H groups in total. The number of benzene rings is 1. The molecule has 0 atom stereocenters. The second kappa shape index (κ2) is 4.37. The van der Waals surface area contributed by atoms with Crippen molar-refractivity contribution in [2.45, 2.75) is 6.61 Å². The van der Waals surface area contributed by atoms with E-state index in [1.54, 1.807) is 12.1 Å². The van der Waals surface area contributed by atoms with Gasteiger partial charge in [-0.05, 0) is 11.6 Å². The van der Waals surface area contributed by atoms with Crippen LogP contribution in [0.1, 0.15) is 5.56 Å². The molecule has 2 rings (SSSR count). The minimum absolute atomic E-state index is 0.513. The maximum absolute atomic E-state index is 5.40. The average molecular weight is 185 g/mol. The van der Waals surface area contributed by atoms with Gasteiger partial charge in [0.2, 0.25) is 5.88 Å². The Morgan fingerprint density at radius 2 is 2.00 bits per heavy atom. The van der Waals surface area contributed by atoms with Crippen molar-refractivity contribution < 1.29 is 4.74 Å². The first-order valence-electron chi connectivity index (χ1n) is 4.31. The Labute approximate surface area is 82.4 Å². The molecule has 0 saturated heterocycles. The first-order chi connectivity index (χ1) is 6.95. The topological polar surface area (TPSA) is 35.0 Å². The zero-order valence-electron chi connectivity index (χ0n) is 7.55. The molecular formula is C11H9N2O. The minimum atomic E-state index is 0.513. The Morgan fingerprint density at radius 3 is 2.71 bits per heavy atom. The van der Waals surface area contributed by atoms with Crippen LogP contribution in [-0.4, -0.2) is 10.2 Å². The summed E-state index contributed by atoms with van der Waals surface area (Å²) in [6.07, 6.45) is 2.59. The van der Waals surface area contributed by atoms with E-state index in [1.807, 2.05) is 30.3 Å². The van der Waals surface area contributed by atoms with Crippen LogP contribution < -0.4 is 4.74 Å². The highest BCUT2D eigenvalue weighted by molar-refractivity contribution is 5.15. The fraction of sp³-hybridized carbons (Fsp3) is 0.0909. The lowest BCUT2D eigenvalue weighted by molar-refractivity contribution is 0.290. The van der Waals surface area contributed by atoms with Crippen molar-refractivity contribution in [2.24, 2.45) is 0 Å². The van der Waals surface area contributed by atoms with Crippen LogP contribution in [0.25, 0.3) is 0 Å². The molecule has 2 aromatic rings. The van der Waals surface area contributed by atoms with Crippen molar-refractivity contribution in [3.8, 4) is 5.88 Å². The molecular weight excluding hydrogens is 176 g/mol. The summed E-state index contributed by atoms with van der Waals surface area (Å²) in [5, 5.41) is 7.36. The molecule has 0 aliphatic heterocycles. The van der Waals surface area contributed by atoms with Crippen LogP contribution in [0, 0.1) is 6.20 Å². The lowest BCUT2D eigenvalue weighted by atomic mass is 10.2. The van der Waals surface area contributed by atoms with Crippen LogP contribution in [0.2, 0.25) is 0 Å². The minimum Gasteiger partial charge on any atom is -0.472 e. The molecule has 0 spiro atoms.